The smallest absolute Gasteiger partial charge is 0.109 e. The van der Waals surface area contributed by atoms with Crippen molar-refractivity contribution in [2.45, 2.75) is 6.42 Å². The second-order valence-corrected chi connectivity index (χ2v) is 11.9. The Morgan fingerprint density at radius 3 is 1.15 bits per heavy atom. The number of hydrogen-bond acceptors (Lipinski definition) is 1. The van der Waals surface area contributed by atoms with Gasteiger partial charge in [0, 0.05) is 0 Å². The Morgan fingerprint density at radius 1 is 0.441 bits per heavy atom. The largest absolute Gasteiger partial charge is 0.872 e. The SMILES string of the molecule is C[P+](c1ccccc1)(c1ccccc1)c1ccccc1.[O-]c1ccc(Cc2ccccc2)cc1. The lowest BCUT2D eigenvalue weighted by molar-refractivity contribution is -0.268. The van der Waals surface area contributed by atoms with Crippen molar-refractivity contribution in [1.82, 2.24) is 0 Å². The Hall–Kier alpha value is -3.67. The lowest BCUT2D eigenvalue weighted by Crippen LogP contribution is -2.30. The van der Waals surface area contributed by atoms with Gasteiger partial charge in [0.15, 0.2) is 0 Å². The van der Waals surface area contributed by atoms with Crippen LogP contribution in [0.1, 0.15) is 11.1 Å². The summed E-state index contributed by atoms with van der Waals surface area (Å²) in [6.45, 7) is 2.41. The fraction of sp³-hybridized carbons (Fsp3) is 0.0625. The van der Waals surface area contributed by atoms with Crippen LogP contribution in [0, 0.1) is 0 Å². The molecule has 5 rings (SSSR count). The first-order valence-corrected chi connectivity index (χ1v) is 13.7. The highest BCUT2D eigenvalue weighted by Gasteiger charge is 2.39. The predicted molar refractivity (Wildman–Crippen MR) is 146 cm³/mol. The lowest BCUT2D eigenvalue weighted by Gasteiger charge is -2.22. The van der Waals surface area contributed by atoms with Gasteiger partial charge in [-0.15, -0.1) is 5.75 Å². The minimum absolute atomic E-state index is 0.0711. The summed E-state index contributed by atoms with van der Waals surface area (Å²) in [5.74, 6) is 0.0711. The monoisotopic (exact) mass is 460 g/mol. The van der Waals surface area contributed by atoms with Crippen molar-refractivity contribution in [2.24, 2.45) is 0 Å². The van der Waals surface area contributed by atoms with Crippen LogP contribution in [0.25, 0.3) is 0 Å². The van der Waals surface area contributed by atoms with Crippen molar-refractivity contribution >= 4 is 23.2 Å². The van der Waals surface area contributed by atoms with Gasteiger partial charge < -0.3 is 5.11 Å². The van der Waals surface area contributed by atoms with Gasteiger partial charge in [-0.05, 0) is 53.9 Å². The Bertz CT molecular complexity index is 1160. The van der Waals surface area contributed by atoms with Crippen LogP contribution in [0.15, 0.2) is 146 Å². The maximum Gasteiger partial charge on any atom is 0.109 e. The van der Waals surface area contributed by atoms with E-state index in [1.807, 2.05) is 30.3 Å². The Labute approximate surface area is 203 Å². The molecule has 0 saturated heterocycles. The molecule has 0 heterocycles. The van der Waals surface area contributed by atoms with Crippen LogP contribution < -0.4 is 21.0 Å². The van der Waals surface area contributed by atoms with Gasteiger partial charge in [-0.1, -0.05) is 109 Å². The predicted octanol–water partition coefficient (Wildman–Crippen LogP) is 5.96. The summed E-state index contributed by atoms with van der Waals surface area (Å²) in [6, 6.07) is 49.9. The average Bonchev–Trinajstić information content (AvgIpc) is 2.92. The van der Waals surface area contributed by atoms with Gasteiger partial charge in [0.1, 0.15) is 23.2 Å². The molecule has 0 fully saturated rings. The zero-order valence-corrected chi connectivity index (χ0v) is 20.3. The van der Waals surface area contributed by atoms with Crippen molar-refractivity contribution in [3.05, 3.63) is 157 Å². The van der Waals surface area contributed by atoms with Crippen LogP contribution >= 0.6 is 7.26 Å². The molecule has 0 N–H and O–H groups in total. The normalized spacial score (nSPS) is 10.7. The molecule has 0 saturated carbocycles. The summed E-state index contributed by atoms with van der Waals surface area (Å²) in [4.78, 5) is 0. The van der Waals surface area contributed by atoms with Crippen molar-refractivity contribution in [2.75, 3.05) is 6.66 Å². The standard InChI is InChI=1S/C19H18P.C13H12O/c1-20(17-11-5-2-6-12-17,18-13-7-3-8-14-18)19-15-9-4-10-16-19;14-13-8-6-12(7-9-13)10-11-4-2-1-3-5-11/h2-16H,1H3;1-9,14H,10H2/q+1;/p-1. The number of benzene rings is 5. The minimum Gasteiger partial charge on any atom is -0.872 e. The Balaban J connectivity index is 0.000000172. The highest BCUT2D eigenvalue weighted by atomic mass is 31.2. The first-order chi connectivity index (χ1) is 16.7. The van der Waals surface area contributed by atoms with Gasteiger partial charge in [-0.3, -0.25) is 0 Å². The zero-order chi connectivity index (χ0) is 23.6. The van der Waals surface area contributed by atoms with Crippen LogP contribution in [0.2, 0.25) is 0 Å². The maximum atomic E-state index is 10.9. The fourth-order valence-corrected chi connectivity index (χ4v) is 7.26. The van der Waals surface area contributed by atoms with Crippen LogP contribution in [0.3, 0.4) is 0 Å². The third-order valence-electron chi connectivity index (χ3n) is 5.99. The van der Waals surface area contributed by atoms with E-state index in [1.54, 1.807) is 12.1 Å². The summed E-state index contributed by atoms with van der Waals surface area (Å²) in [7, 11) is -1.53. The quantitative estimate of drug-likeness (QED) is 0.297. The molecule has 0 spiro atoms. The van der Waals surface area contributed by atoms with Gasteiger partial charge in [0.05, 0.1) is 6.66 Å². The molecule has 0 aliphatic rings. The zero-order valence-electron chi connectivity index (χ0n) is 19.4. The van der Waals surface area contributed by atoms with E-state index < -0.39 is 7.26 Å². The van der Waals surface area contributed by atoms with Gasteiger partial charge in [0.25, 0.3) is 0 Å². The molecule has 2 heteroatoms. The van der Waals surface area contributed by atoms with Crippen molar-refractivity contribution in [1.29, 1.82) is 0 Å². The molecule has 34 heavy (non-hydrogen) atoms. The minimum atomic E-state index is -1.53. The van der Waals surface area contributed by atoms with E-state index in [1.165, 1.54) is 27.0 Å². The summed E-state index contributed by atoms with van der Waals surface area (Å²) >= 11 is 0. The molecule has 5 aromatic carbocycles. The van der Waals surface area contributed by atoms with Crippen LogP contribution in [-0.2, 0) is 6.42 Å². The van der Waals surface area contributed by atoms with Crippen LogP contribution in [0.4, 0.5) is 0 Å². The third-order valence-corrected chi connectivity index (χ3v) is 9.99. The Morgan fingerprint density at radius 2 is 0.765 bits per heavy atom. The first kappa shape index (κ1) is 23.5. The number of hydrogen-bond donors (Lipinski definition) is 0. The Kier molecular flexibility index (Phi) is 7.91. The average molecular weight is 461 g/mol. The summed E-state index contributed by atoms with van der Waals surface area (Å²) in [5, 5.41) is 15.2. The molecule has 0 amide bonds. The lowest BCUT2D eigenvalue weighted by atomic mass is 10.1. The van der Waals surface area contributed by atoms with Gasteiger partial charge in [0.2, 0.25) is 0 Å². The molecule has 0 unspecified atom stereocenters. The molecule has 0 aromatic heterocycles. The summed E-state index contributed by atoms with van der Waals surface area (Å²) < 4.78 is 0. The summed E-state index contributed by atoms with van der Waals surface area (Å²) in [5.41, 5.74) is 2.45. The highest BCUT2D eigenvalue weighted by molar-refractivity contribution is 7.95. The molecular weight excluding hydrogens is 431 g/mol. The van der Waals surface area contributed by atoms with E-state index in [4.69, 9.17) is 0 Å². The third kappa shape index (κ3) is 5.81. The highest BCUT2D eigenvalue weighted by Crippen LogP contribution is 2.51. The van der Waals surface area contributed by atoms with E-state index in [9.17, 15) is 5.11 Å². The van der Waals surface area contributed by atoms with Crippen LogP contribution in [0.5, 0.6) is 5.75 Å². The summed E-state index contributed by atoms with van der Waals surface area (Å²) in [6.07, 6.45) is 0.890. The molecule has 5 aromatic rings. The molecule has 1 nitrogen and oxygen atoms in total. The van der Waals surface area contributed by atoms with E-state index in [2.05, 4.69) is 110 Å². The van der Waals surface area contributed by atoms with Gasteiger partial charge >= 0.3 is 0 Å². The fourth-order valence-electron chi connectivity index (χ4n) is 4.06. The van der Waals surface area contributed by atoms with E-state index in [0.717, 1.165) is 6.42 Å². The molecule has 0 radical (unpaired) electrons. The molecule has 0 aliphatic carbocycles. The van der Waals surface area contributed by atoms with E-state index in [0.29, 0.717) is 0 Å². The second kappa shape index (κ2) is 11.5. The van der Waals surface area contributed by atoms with Crippen molar-refractivity contribution in [3.63, 3.8) is 0 Å². The van der Waals surface area contributed by atoms with Crippen LogP contribution in [-0.4, -0.2) is 6.66 Å². The second-order valence-electron chi connectivity index (χ2n) is 8.32. The topological polar surface area (TPSA) is 23.1 Å². The molecule has 0 atom stereocenters. The molecule has 168 valence electrons. The van der Waals surface area contributed by atoms with E-state index in [-0.39, 0.29) is 5.75 Å². The van der Waals surface area contributed by atoms with Crippen molar-refractivity contribution in [3.8, 4) is 5.75 Å². The number of rotatable bonds is 5. The van der Waals surface area contributed by atoms with E-state index >= 15 is 0 Å². The van der Waals surface area contributed by atoms with Gasteiger partial charge in [-0.2, -0.15) is 0 Å². The molecular formula is C32H29OP. The molecule has 0 aliphatic heterocycles. The molecule has 0 bridgehead atoms. The maximum absolute atomic E-state index is 10.9. The van der Waals surface area contributed by atoms with Gasteiger partial charge in [-0.25, -0.2) is 0 Å². The van der Waals surface area contributed by atoms with Crippen molar-refractivity contribution < 1.29 is 5.11 Å². The first-order valence-electron chi connectivity index (χ1n) is 11.5.